The summed E-state index contributed by atoms with van der Waals surface area (Å²) in [7, 11) is 0. The highest BCUT2D eigenvalue weighted by atomic mass is 16.1. The quantitative estimate of drug-likeness (QED) is 0.596. The zero-order valence-corrected chi connectivity index (χ0v) is 6.52. The Balaban J connectivity index is 2.49. The summed E-state index contributed by atoms with van der Waals surface area (Å²) >= 11 is 0. The molecular weight excluding hydrogens is 126 g/mol. The molecule has 0 aliphatic carbocycles. The van der Waals surface area contributed by atoms with Gasteiger partial charge in [-0.05, 0) is 25.8 Å². The molecule has 58 valence electrons. The smallest absolute Gasteiger partial charge is 0.140 e. The highest BCUT2D eigenvalue weighted by molar-refractivity contribution is 5.64. The van der Waals surface area contributed by atoms with E-state index in [1.54, 1.807) is 0 Å². The second-order valence-electron chi connectivity index (χ2n) is 3.05. The average Bonchev–Trinajstić information content (AvgIpc) is 2.39. The van der Waals surface area contributed by atoms with Gasteiger partial charge in [-0.3, -0.25) is 0 Å². The summed E-state index contributed by atoms with van der Waals surface area (Å²) in [5.41, 5.74) is -0.144. The number of nitrogens with one attached hydrogen (secondary N) is 1. The largest absolute Gasteiger partial charge is 0.305 e. The normalized spacial score (nSPS) is 32.5. The van der Waals surface area contributed by atoms with E-state index < -0.39 is 0 Å². The average molecular weight is 141 g/mol. The van der Waals surface area contributed by atoms with Gasteiger partial charge in [0.2, 0.25) is 0 Å². The first kappa shape index (κ1) is 7.73. The predicted molar refractivity (Wildman–Crippen MR) is 40.9 cm³/mol. The van der Waals surface area contributed by atoms with Crippen LogP contribution in [0.4, 0.5) is 0 Å². The summed E-state index contributed by atoms with van der Waals surface area (Å²) in [6.45, 7) is 3.13. The van der Waals surface area contributed by atoms with Crippen molar-refractivity contribution in [3.63, 3.8) is 0 Å². The molecule has 0 unspecified atom stereocenters. The van der Waals surface area contributed by atoms with E-state index in [0.717, 1.165) is 38.5 Å². The predicted octanol–water partition coefficient (Wildman–Crippen LogP) is 1.11. The second-order valence-corrected chi connectivity index (χ2v) is 3.05. The van der Waals surface area contributed by atoms with Gasteiger partial charge in [0.05, 0.1) is 5.54 Å². The summed E-state index contributed by atoms with van der Waals surface area (Å²) < 4.78 is 0. The molecule has 1 saturated heterocycles. The van der Waals surface area contributed by atoms with E-state index in [1.807, 2.05) is 0 Å². The molecule has 0 spiro atoms. The van der Waals surface area contributed by atoms with Crippen LogP contribution < -0.4 is 5.32 Å². The van der Waals surface area contributed by atoms with Crippen LogP contribution in [0.15, 0.2) is 0 Å². The molecule has 2 heteroatoms. The molecule has 2 nitrogen and oxygen atoms in total. The van der Waals surface area contributed by atoms with E-state index >= 15 is 0 Å². The van der Waals surface area contributed by atoms with Gasteiger partial charge in [-0.15, -0.1) is 0 Å². The van der Waals surface area contributed by atoms with E-state index in [2.05, 4.69) is 12.2 Å². The summed E-state index contributed by atoms with van der Waals surface area (Å²) in [6.07, 6.45) is 5.36. The van der Waals surface area contributed by atoms with Crippen LogP contribution in [0.1, 0.15) is 32.6 Å². The molecular formula is C8H15NO. The van der Waals surface area contributed by atoms with Crippen molar-refractivity contribution in [2.24, 2.45) is 0 Å². The third kappa shape index (κ3) is 1.37. The molecule has 0 radical (unpaired) electrons. The summed E-state index contributed by atoms with van der Waals surface area (Å²) in [6, 6.07) is 0. The van der Waals surface area contributed by atoms with Crippen LogP contribution in [0.5, 0.6) is 0 Å². The van der Waals surface area contributed by atoms with Crippen molar-refractivity contribution in [3.05, 3.63) is 0 Å². The Kier molecular flexibility index (Phi) is 2.44. The molecule has 0 saturated carbocycles. The van der Waals surface area contributed by atoms with Gasteiger partial charge in [0.15, 0.2) is 0 Å². The first-order chi connectivity index (χ1) is 4.83. The lowest BCUT2D eigenvalue weighted by molar-refractivity contribution is -0.113. The van der Waals surface area contributed by atoms with Gasteiger partial charge in [-0.2, -0.15) is 0 Å². The van der Waals surface area contributed by atoms with Crippen molar-refractivity contribution in [3.8, 4) is 0 Å². The maximum Gasteiger partial charge on any atom is 0.140 e. The van der Waals surface area contributed by atoms with Crippen molar-refractivity contribution >= 4 is 6.29 Å². The van der Waals surface area contributed by atoms with Crippen LogP contribution in [0.2, 0.25) is 0 Å². The van der Waals surface area contributed by atoms with Crippen LogP contribution in [-0.4, -0.2) is 18.4 Å². The fraction of sp³-hybridized carbons (Fsp3) is 0.875. The Labute approximate surface area is 62.0 Å². The molecule has 1 aliphatic heterocycles. The summed E-state index contributed by atoms with van der Waals surface area (Å²) in [4.78, 5) is 10.7. The zero-order chi connectivity index (χ0) is 7.45. The molecule has 1 rings (SSSR count). The lowest BCUT2D eigenvalue weighted by Gasteiger charge is -2.20. The molecule has 1 atom stereocenters. The minimum Gasteiger partial charge on any atom is -0.305 e. The molecule has 1 fully saturated rings. The third-order valence-electron chi connectivity index (χ3n) is 2.20. The summed E-state index contributed by atoms with van der Waals surface area (Å²) in [5.74, 6) is 0. The first-order valence-electron chi connectivity index (χ1n) is 4.04. The third-order valence-corrected chi connectivity index (χ3v) is 2.20. The van der Waals surface area contributed by atoms with Gasteiger partial charge >= 0.3 is 0 Å². The fourth-order valence-electron chi connectivity index (χ4n) is 1.65. The van der Waals surface area contributed by atoms with Gasteiger partial charge in [0, 0.05) is 0 Å². The highest BCUT2D eigenvalue weighted by Gasteiger charge is 2.31. The maximum absolute atomic E-state index is 10.7. The number of rotatable bonds is 3. The molecule has 0 aromatic heterocycles. The lowest BCUT2D eigenvalue weighted by Crippen LogP contribution is -2.40. The molecule has 1 aliphatic rings. The summed E-state index contributed by atoms with van der Waals surface area (Å²) in [5, 5.41) is 3.25. The van der Waals surface area contributed by atoms with Gasteiger partial charge in [0.1, 0.15) is 6.29 Å². The van der Waals surface area contributed by atoms with Crippen LogP contribution in [0.3, 0.4) is 0 Å². The van der Waals surface area contributed by atoms with Gasteiger partial charge in [0.25, 0.3) is 0 Å². The van der Waals surface area contributed by atoms with E-state index in [9.17, 15) is 4.79 Å². The monoisotopic (exact) mass is 141 g/mol. The molecule has 0 aromatic rings. The topological polar surface area (TPSA) is 29.1 Å². The number of aldehydes is 1. The van der Waals surface area contributed by atoms with Crippen LogP contribution in [0, 0.1) is 0 Å². The number of carbonyl (C=O) groups excluding carboxylic acids is 1. The van der Waals surface area contributed by atoms with Crippen LogP contribution in [0.25, 0.3) is 0 Å². The van der Waals surface area contributed by atoms with E-state index in [1.165, 1.54) is 0 Å². The first-order valence-corrected chi connectivity index (χ1v) is 4.04. The number of hydrogen-bond acceptors (Lipinski definition) is 2. The van der Waals surface area contributed by atoms with Crippen LogP contribution >= 0.6 is 0 Å². The van der Waals surface area contributed by atoms with Gasteiger partial charge in [-0.25, -0.2) is 0 Å². The highest BCUT2D eigenvalue weighted by Crippen LogP contribution is 2.21. The van der Waals surface area contributed by atoms with Crippen molar-refractivity contribution in [2.45, 2.75) is 38.1 Å². The Morgan fingerprint density at radius 3 is 2.90 bits per heavy atom. The minimum absolute atomic E-state index is 0.144. The van der Waals surface area contributed by atoms with Crippen molar-refractivity contribution in [1.29, 1.82) is 0 Å². The van der Waals surface area contributed by atoms with Crippen molar-refractivity contribution < 1.29 is 4.79 Å². The van der Waals surface area contributed by atoms with Gasteiger partial charge < -0.3 is 10.1 Å². The molecule has 1 heterocycles. The SMILES string of the molecule is CCC[C@]1(C=O)CCCN1. The molecule has 0 amide bonds. The zero-order valence-electron chi connectivity index (χ0n) is 6.52. The Morgan fingerprint density at radius 1 is 1.70 bits per heavy atom. The number of hydrogen-bond donors (Lipinski definition) is 1. The molecule has 0 aromatic carbocycles. The van der Waals surface area contributed by atoms with E-state index in [0.29, 0.717) is 0 Å². The van der Waals surface area contributed by atoms with E-state index in [4.69, 9.17) is 0 Å². The standard InChI is InChI=1S/C8H15NO/c1-2-4-8(7-10)5-3-6-9-8/h7,9H,2-6H2,1H3/t8-/m1/s1. The molecule has 1 N–H and O–H groups in total. The maximum atomic E-state index is 10.7. The van der Waals surface area contributed by atoms with E-state index in [-0.39, 0.29) is 5.54 Å². The van der Waals surface area contributed by atoms with Gasteiger partial charge in [-0.1, -0.05) is 13.3 Å². The van der Waals surface area contributed by atoms with Crippen LogP contribution in [-0.2, 0) is 4.79 Å². The molecule has 0 bridgehead atoms. The Bertz CT molecular complexity index is 116. The molecule has 10 heavy (non-hydrogen) atoms. The Morgan fingerprint density at radius 2 is 2.50 bits per heavy atom. The lowest BCUT2D eigenvalue weighted by atomic mass is 9.94. The van der Waals surface area contributed by atoms with Crippen molar-refractivity contribution in [2.75, 3.05) is 6.54 Å². The minimum atomic E-state index is -0.144. The second kappa shape index (κ2) is 3.15. The Hall–Kier alpha value is -0.370. The number of carbonyl (C=O) groups is 1. The van der Waals surface area contributed by atoms with Crippen molar-refractivity contribution in [1.82, 2.24) is 5.32 Å². The fourth-order valence-corrected chi connectivity index (χ4v) is 1.65.